The summed E-state index contributed by atoms with van der Waals surface area (Å²) in [5.41, 5.74) is 7.22. The van der Waals surface area contributed by atoms with Crippen LogP contribution >= 0.6 is 0 Å². The SMILES string of the molecule is COC(=O)NC(C(=O)N1CCC[C@H]1c1nc2c(ccc3c4c(ccc32)-c2ccc(-c3cnc([C@@H]5CCCN5C(=O)C(NC(=O)OC)C(C)C)[nH]3)cc2CO4)[nH]1)c1ccccc1. The fourth-order valence-corrected chi connectivity index (χ4v) is 9.12. The third kappa shape index (κ3) is 7.27. The molecule has 0 radical (unpaired) electrons. The molecule has 9 rings (SSSR count). The second kappa shape index (κ2) is 16.3. The molecule has 0 saturated carbocycles. The number of benzene rings is 4. The van der Waals surface area contributed by atoms with Crippen molar-refractivity contribution in [3.8, 4) is 28.1 Å². The summed E-state index contributed by atoms with van der Waals surface area (Å²) in [5.74, 6) is 1.70. The number of ether oxygens (including phenoxy) is 3. The molecule has 15 nitrogen and oxygen atoms in total. The number of carbonyl (C=O) groups is 4. The average Bonchev–Trinajstić information content (AvgIpc) is 4.13. The number of amides is 4. The van der Waals surface area contributed by atoms with Crippen LogP contribution in [0.25, 0.3) is 44.2 Å². The lowest BCUT2D eigenvalue weighted by Gasteiger charge is -2.30. The van der Waals surface area contributed by atoms with E-state index in [1.54, 1.807) is 11.1 Å². The van der Waals surface area contributed by atoms with Crippen molar-refractivity contribution >= 4 is 45.8 Å². The van der Waals surface area contributed by atoms with Gasteiger partial charge >= 0.3 is 12.2 Å². The monoisotopic (exact) mass is 824 g/mol. The van der Waals surface area contributed by atoms with Gasteiger partial charge in [-0.2, -0.15) is 0 Å². The van der Waals surface area contributed by atoms with Crippen LogP contribution < -0.4 is 15.4 Å². The van der Waals surface area contributed by atoms with E-state index in [1.807, 2.05) is 55.1 Å². The summed E-state index contributed by atoms with van der Waals surface area (Å²) in [6, 6.07) is 21.6. The number of methoxy groups -OCH3 is 2. The van der Waals surface area contributed by atoms with E-state index in [4.69, 9.17) is 24.2 Å². The third-order valence-electron chi connectivity index (χ3n) is 12.2. The molecular weight excluding hydrogens is 777 g/mol. The highest BCUT2D eigenvalue weighted by Gasteiger charge is 2.39. The molecule has 0 aliphatic carbocycles. The smallest absolute Gasteiger partial charge is 0.407 e. The maximum absolute atomic E-state index is 14.1. The molecule has 2 fully saturated rings. The molecule has 61 heavy (non-hydrogen) atoms. The van der Waals surface area contributed by atoms with Gasteiger partial charge in [0, 0.05) is 29.4 Å². The van der Waals surface area contributed by atoms with E-state index in [1.165, 1.54) is 14.2 Å². The van der Waals surface area contributed by atoms with Gasteiger partial charge in [-0.15, -0.1) is 0 Å². The minimum absolute atomic E-state index is 0.120. The van der Waals surface area contributed by atoms with Gasteiger partial charge in [0.2, 0.25) is 5.91 Å². The molecule has 4 amide bonds. The predicted octanol–water partition coefficient (Wildman–Crippen LogP) is 7.47. The number of rotatable bonds is 9. The third-order valence-corrected chi connectivity index (χ3v) is 12.2. The first-order valence-corrected chi connectivity index (χ1v) is 20.7. The van der Waals surface area contributed by atoms with Crippen molar-refractivity contribution < 1.29 is 33.4 Å². The van der Waals surface area contributed by atoms with E-state index in [-0.39, 0.29) is 29.8 Å². The second-order valence-electron chi connectivity index (χ2n) is 16.2. The van der Waals surface area contributed by atoms with E-state index >= 15 is 0 Å². The Morgan fingerprint density at radius 1 is 0.787 bits per heavy atom. The van der Waals surface area contributed by atoms with Gasteiger partial charge in [-0.05, 0) is 78.1 Å². The number of hydrogen-bond donors (Lipinski definition) is 4. The molecule has 6 aromatic rings. The number of imidazole rings is 2. The Hall–Kier alpha value is -6.90. The summed E-state index contributed by atoms with van der Waals surface area (Å²) in [7, 11) is 2.57. The van der Waals surface area contributed by atoms with Gasteiger partial charge in [0.15, 0.2) is 0 Å². The van der Waals surface area contributed by atoms with Crippen molar-refractivity contribution in [1.29, 1.82) is 0 Å². The Balaban J connectivity index is 0.959. The number of alkyl carbamates (subject to hydrolysis) is 2. The van der Waals surface area contributed by atoms with Crippen LogP contribution in [0.5, 0.6) is 5.75 Å². The van der Waals surface area contributed by atoms with E-state index in [9.17, 15) is 19.2 Å². The Labute approximate surface area is 352 Å². The molecule has 0 spiro atoms. The minimum Gasteiger partial charge on any atom is -0.488 e. The maximum Gasteiger partial charge on any atom is 0.407 e. The number of H-pyrrole nitrogens is 2. The van der Waals surface area contributed by atoms with E-state index in [0.717, 1.165) is 81.2 Å². The van der Waals surface area contributed by atoms with Crippen LogP contribution in [-0.4, -0.2) is 87.1 Å². The zero-order valence-electron chi connectivity index (χ0n) is 34.5. The summed E-state index contributed by atoms with van der Waals surface area (Å²) in [6.45, 7) is 5.29. The quantitative estimate of drug-likeness (QED) is 0.115. The number of aromatic nitrogens is 4. The van der Waals surface area contributed by atoms with Crippen molar-refractivity contribution in [1.82, 2.24) is 40.4 Å². The standard InChI is InChI=1S/C46H48N8O7/c1-25(2)37(51-45(57)59-3)43(55)53-20-8-12-35(53)41-47-23-34(49-41)27-14-15-29-28(22-27)24-61-40-31(29)17-16-30-32(40)18-19-33-39(30)50-42(48-33)36-13-9-21-54(36)44(56)38(52-46(58)60-4)26-10-6-5-7-11-26/h5-7,10-11,14-19,22-23,25,35-38H,8-9,12-13,20-21,24H2,1-4H3,(H,47,49)(H,48,50)(H,51,57)(H,52,58)/t35-,36-,37?,38?/m0/s1. The Bertz CT molecular complexity index is 2660. The lowest BCUT2D eigenvalue weighted by Crippen LogP contribution is -2.51. The first-order chi connectivity index (χ1) is 29.6. The second-order valence-corrected chi connectivity index (χ2v) is 16.2. The summed E-state index contributed by atoms with van der Waals surface area (Å²) >= 11 is 0. The normalized spacial score (nSPS) is 18.0. The van der Waals surface area contributed by atoms with Gasteiger partial charge in [0.05, 0.1) is 49.2 Å². The lowest BCUT2D eigenvalue weighted by molar-refractivity contribution is -0.135. The van der Waals surface area contributed by atoms with Crippen molar-refractivity contribution in [2.75, 3.05) is 27.3 Å². The molecule has 4 N–H and O–H groups in total. The Kier molecular flexibility index (Phi) is 10.6. The van der Waals surface area contributed by atoms with Gasteiger partial charge in [0.25, 0.3) is 5.91 Å². The number of hydrogen-bond acceptors (Lipinski definition) is 9. The fraction of sp³-hybridized carbons (Fsp3) is 0.348. The zero-order valence-corrected chi connectivity index (χ0v) is 34.5. The van der Waals surface area contributed by atoms with Crippen molar-refractivity contribution in [2.45, 2.75) is 70.3 Å². The lowest BCUT2D eigenvalue weighted by atomic mass is 9.92. The van der Waals surface area contributed by atoms with Crippen molar-refractivity contribution in [2.24, 2.45) is 5.92 Å². The van der Waals surface area contributed by atoms with Crippen LogP contribution in [0.15, 0.2) is 79.0 Å². The van der Waals surface area contributed by atoms with Crippen molar-refractivity contribution in [3.63, 3.8) is 0 Å². The molecule has 2 aromatic heterocycles. The number of nitrogens with zero attached hydrogens (tertiary/aromatic N) is 4. The maximum atomic E-state index is 14.1. The van der Waals surface area contributed by atoms with Crippen LogP contribution in [0.4, 0.5) is 9.59 Å². The number of likely N-dealkylation sites (tertiary alicyclic amines) is 2. The first-order valence-electron chi connectivity index (χ1n) is 20.7. The molecule has 4 aromatic carbocycles. The molecule has 15 heteroatoms. The number of carbonyl (C=O) groups excluding carboxylic acids is 4. The largest absolute Gasteiger partial charge is 0.488 e. The van der Waals surface area contributed by atoms with Gasteiger partial charge in [-0.1, -0.05) is 62.4 Å². The highest BCUT2D eigenvalue weighted by molar-refractivity contribution is 6.09. The highest BCUT2D eigenvalue weighted by Crippen LogP contribution is 2.45. The molecular formula is C46H48N8O7. The van der Waals surface area contributed by atoms with E-state index in [2.05, 4.69) is 57.0 Å². The molecule has 3 aliphatic heterocycles. The highest BCUT2D eigenvalue weighted by atomic mass is 16.5. The summed E-state index contributed by atoms with van der Waals surface area (Å²) in [6.07, 6.45) is 3.63. The van der Waals surface area contributed by atoms with E-state index in [0.29, 0.717) is 36.9 Å². The summed E-state index contributed by atoms with van der Waals surface area (Å²) in [5, 5.41) is 7.32. The van der Waals surface area contributed by atoms with E-state index < -0.39 is 24.3 Å². The molecule has 314 valence electrons. The van der Waals surface area contributed by atoms with Crippen LogP contribution in [0.2, 0.25) is 0 Å². The molecule has 2 saturated heterocycles. The number of nitrogens with one attached hydrogen (secondary N) is 4. The topological polar surface area (TPSA) is 184 Å². The van der Waals surface area contributed by atoms with Gasteiger partial charge < -0.3 is 44.6 Å². The van der Waals surface area contributed by atoms with Crippen molar-refractivity contribution in [3.05, 3.63) is 102 Å². The summed E-state index contributed by atoms with van der Waals surface area (Å²) < 4.78 is 16.2. The molecule has 4 atom stereocenters. The molecule has 2 unspecified atom stereocenters. The van der Waals surface area contributed by atoms with Crippen LogP contribution in [0, 0.1) is 5.92 Å². The van der Waals surface area contributed by atoms with Gasteiger partial charge in [-0.3, -0.25) is 9.59 Å². The predicted molar refractivity (Wildman–Crippen MR) is 227 cm³/mol. The van der Waals surface area contributed by atoms with Crippen LogP contribution in [0.1, 0.15) is 80.4 Å². The Morgan fingerprint density at radius 3 is 2.21 bits per heavy atom. The molecule has 5 heterocycles. The first kappa shape index (κ1) is 39.6. The average molecular weight is 825 g/mol. The number of fused-ring (bicyclic) bond motifs is 7. The summed E-state index contributed by atoms with van der Waals surface area (Å²) in [4.78, 5) is 72.5. The number of aromatic amines is 2. The Morgan fingerprint density at radius 2 is 1.48 bits per heavy atom. The minimum atomic E-state index is -0.902. The van der Waals surface area contributed by atoms with Gasteiger partial charge in [0.1, 0.15) is 36.1 Å². The molecule has 0 bridgehead atoms. The zero-order chi connectivity index (χ0) is 42.4. The van der Waals surface area contributed by atoms with Crippen LogP contribution in [-0.2, 0) is 25.7 Å². The van der Waals surface area contributed by atoms with Crippen LogP contribution in [0.3, 0.4) is 0 Å². The fourth-order valence-electron chi connectivity index (χ4n) is 9.12. The molecule has 3 aliphatic rings. The van der Waals surface area contributed by atoms with Gasteiger partial charge in [-0.25, -0.2) is 19.6 Å².